The van der Waals surface area contributed by atoms with Crippen molar-refractivity contribution in [3.05, 3.63) is 33.3 Å². The van der Waals surface area contributed by atoms with E-state index in [0.717, 1.165) is 34.0 Å². The van der Waals surface area contributed by atoms with Gasteiger partial charge < -0.3 is 0 Å². The first kappa shape index (κ1) is 14.4. The van der Waals surface area contributed by atoms with Crippen molar-refractivity contribution >= 4 is 21.7 Å². The van der Waals surface area contributed by atoms with Crippen molar-refractivity contribution in [2.75, 3.05) is 0 Å². The third kappa shape index (κ3) is 4.27. The summed E-state index contributed by atoms with van der Waals surface area (Å²) in [6, 6.07) is 3.97. The van der Waals surface area contributed by atoms with Crippen LogP contribution in [0.15, 0.2) is 16.6 Å². The minimum atomic E-state index is 0.278. The number of hydrogen-bond acceptors (Lipinski definition) is 1. The van der Waals surface area contributed by atoms with Gasteiger partial charge in [-0.2, -0.15) is 0 Å². The number of halogens is 1. The summed E-state index contributed by atoms with van der Waals surface area (Å²) < 4.78 is 1.11. The first-order chi connectivity index (χ1) is 8.06. The summed E-state index contributed by atoms with van der Waals surface area (Å²) in [6.07, 6.45) is 5.30. The Hall–Kier alpha value is -0.630. The second-order valence-corrected chi connectivity index (χ2v) is 5.45. The molecule has 0 radical (unpaired) electrons. The molecular formula is C15H21BrO. The number of hydrogen-bond donors (Lipinski definition) is 0. The summed E-state index contributed by atoms with van der Waals surface area (Å²) in [7, 11) is 0. The Morgan fingerprint density at radius 2 is 1.71 bits per heavy atom. The van der Waals surface area contributed by atoms with Gasteiger partial charge in [-0.1, -0.05) is 42.1 Å². The van der Waals surface area contributed by atoms with E-state index in [1.165, 1.54) is 12.8 Å². The lowest BCUT2D eigenvalue weighted by molar-refractivity contribution is 0.0979. The van der Waals surface area contributed by atoms with E-state index >= 15 is 0 Å². The summed E-state index contributed by atoms with van der Waals surface area (Å²) in [4.78, 5) is 12.0. The average Bonchev–Trinajstić information content (AvgIpc) is 2.30. The van der Waals surface area contributed by atoms with E-state index in [-0.39, 0.29) is 5.78 Å². The molecule has 1 rings (SSSR count). The van der Waals surface area contributed by atoms with Crippen LogP contribution in [0.3, 0.4) is 0 Å². The van der Waals surface area contributed by atoms with Gasteiger partial charge in [0.15, 0.2) is 5.78 Å². The van der Waals surface area contributed by atoms with Crippen molar-refractivity contribution < 1.29 is 4.79 Å². The van der Waals surface area contributed by atoms with Crippen molar-refractivity contribution in [1.29, 1.82) is 0 Å². The number of rotatable bonds is 6. The quantitative estimate of drug-likeness (QED) is 0.520. The maximum Gasteiger partial charge on any atom is 0.162 e. The Morgan fingerprint density at radius 1 is 1.12 bits per heavy atom. The van der Waals surface area contributed by atoms with E-state index in [2.05, 4.69) is 22.9 Å². The van der Waals surface area contributed by atoms with Crippen molar-refractivity contribution in [3.63, 3.8) is 0 Å². The summed E-state index contributed by atoms with van der Waals surface area (Å²) >= 11 is 3.52. The molecule has 0 saturated carbocycles. The van der Waals surface area contributed by atoms with E-state index in [4.69, 9.17) is 0 Å². The maximum absolute atomic E-state index is 12.0. The molecule has 0 aliphatic rings. The lowest BCUT2D eigenvalue weighted by Gasteiger charge is -2.07. The number of unbranched alkanes of at least 4 members (excludes halogenated alkanes) is 3. The largest absolute Gasteiger partial charge is 0.294 e. The molecule has 0 N–H and O–H groups in total. The van der Waals surface area contributed by atoms with Crippen LogP contribution in [-0.2, 0) is 0 Å². The molecule has 0 fully saturated rings. The molecular weight excluding hydrogens is 276 g/mol. The van der Waals surface area contributed by atoms with Crippen molar-refractivity contribution in [2.24, 2.45) is 0 Å². The van der Waals surface area contributed by atoms with Crippen molar-refractivity contribution in [2.45, 2.75) is 52.9 Å². The predicted octanol–water partition coefficient (Wildman–Crippen LogP) is 5.22. The molecule has 1 aromatic carbocycles. The fourth-order valence-corrected chi connectivity index (χ4v) is 2.19. The summed E-state index contributed by atoms with van der Waals surface area (Å²) in [5.41, 5.74) is 3.14. The highest BCUT2D eigenvalue weighted by Crippen LogP contribution is 2.23. The van der Waals surface area contributed by atoms with Crippen LogP contribution >= 0.6 is 15.9 Å². The zero-order chi connectivity index (χ0) is 12.8. The van der Waals surface area contributed by atoms with E-state index in [0.29, 0.717) is 6.42 Å². The fraction of sp³-hybridized carbons (Fsp3) is 0.533. The zero-order valence-corrected chi connectivity index (χ0v) is 12.6. The molecule has 0 aromatic heterocycles. The van der Waals surface area contributed by atoms with Gasteiger partial charge in [-0.15, -0.1) is 0 Å². The number of aryl methyl sites for hydroxylation is 2. The summed E-state index contributed by atoms with van der Waals surface area (Å²) in [5.74, 6) is 0.278. The minimum absolute atomic E-state index is 0.278. The molecule has 0 saturated heterocycles. The molecule has 94 valence electrons. The minimum Gasteiger partial charge on any atom is -0.294 e. The topological polar surface area (TPSA) is 17.1 Å². The van der Waals surface area contributed by atoms with Gasteiger partial charge in [0.25, 0.3) is 0 Å². The lowest BCUT2D eigenvalue weighted by Crippen LogP contribution is -2.00. The molecule has 0 atom stereocenters. The molecule has 0 amide bonds. The van der Waals surface area contributed by atoms with E-state index < -0.39 is 0 Å². The summed E-state index contributed by atoms with van der Waals surface area (Å²) in [5, 5.41) is 0. The number of Topliss-reactive ketones (excluding diaryl/α,β-unsaturated/α-hetero) is 1. The predicted molar refractivity (Wildman–Crippen MR) is 76.7 cm³/mol. The Balaban J connectivity index is 2.63. The Bertz CT molecular complexity index is 373. The van der Waals surface area contributed by atoms with Gasteiger partial charge in [0, 0.05) is 16.5 Å². The zero-order valence-electron chi connectivity index (χ0n) is 11.0. The second kappa shape index (κ2) is 6.95. The number of ketones is 1. The average molecular weight is 297 g/mol. The van der Waals surface area contributed by atoms with Crippen molar-refractivity contribution in [3.8, 4) is 0 Å². The Kier molecular flexibility index (Phi) is 5.90. The number of carbonyl (C=O) groups is 1. The van der Waals surface area contributed by atoms with E-state index in [1.54, 1.807) is 0 Å². The van der Waals surface area contributed by atoms with Gasteiger partial charge in [0.2, 0.25) is 0 Å². The third-order valence-corrected chi connectivity index (χ3v) is 4.27. The molecule has 0 spiro atoms. The molecule has 17 heavy (non-hydrogen) atoms. The molecule has 0 heterocycles. The van der Waals surface area contributed by atoms with Crippen LogP contribution in [0.5, 0.6) is 0 Å². The molecule has 1 aromatic rings. The molecule has 0 bridgehead atoms. The highest BCUT2D eigenvalue weighted by atomic mass is 79.9. The first-order valence-corrected chi connectivity index (χ1v) is 7.15. The maximum atomic E-state index is 12.0. The highest BCUT2D eigenvalue weighted by molar-refractivity contribution is 9.10. The van der Waals surface area contributed by atoms with Crippen LogP contribution in [0.1, 0.15) is 60.5 Å². The first-order valence-electron chi connectivity index (χ1n) is 6.36. The van der Waals surface area contributed by atoms with E-state index in [1.807, 2.05) is 26.0 Å². The lowest BCUT2D eigenvalue weighted by atomic mass is 10.0. The van der Waals surface area contributed by atoms with Gasteiger partial charge in [0.1, 0.15) is 0 Å². The SMILES string of the molecule is CCCCCCC(=O)c1cc(C)c(Br)c(C)c1. The van der Waals surface area contributed by atoms with Crippen LogP contribution in [-0.4, -0.2) is 5.78 Å². The van der Waals surface area contributed by atoms with Gasteiger partial charge in [0.05, 0.1) is 0 Å². The molecule has 0 unspecified atom stereocenters. The molecule has 1 nitrogen and oxygen atoms in total. The Morgan fingerprint density at radius 3 is 2.24 bits per heavy atom. The number of benzene rings is 1. The molecule has 2 heteroatoms. The van der Waals surface area contributed by atoms with Crippen LogP contribution in [0.2, 0.25) is 0 Å². The van der Waals surface area contributed by atoms with Crippen LogP contribution < -0.4 is 0 Å². The highest BCUT2D eigenvalue weighted by Gasteiger charge is 2.09. The van der Waals surface area contributed by atoms with Crippen LogP contribution in [0.25, 0.3) is 0 Å². The van der Waals surface area contributed by atoms with Gasteiger partial charge in [-0.25, -0.2) is 0 Å². The summed E-state index contributed by atoms with van der Waals surface area (Å²) in [6.45, 7) is 6.25. The third-order valence-electron chi connectivity index (χ3n) is 3.02. The van der Waals surface area contributed by atoms with Crippen LogP contribution in [0, 0.1) is 13.8 Å². The van der Waals surface area contributed by atoms with Crippen molar-refractivity contribution in [1.82, 2.24) is 0 Å². The molecule has 0 aliphatic heterocycles. The van der Waals surface area contributed by atoms with E-state index in [9.17, 15) is 4.79 Å². The van der Waals surface area contributed by atoms with Gasteiger partial charge in [-0.3, -0.25) is 4.79 Å². The fourth-order valence-electron chi connectivity index (χ4n) is 1.96. The number of carbonyl (C=O) groups excluding carboxylic acids is 1. The van der Waals surface area contributed by atoms with Gasteiger partial charge >= 0.3 is 0 Å². The monoisotopic (exact) mass is 296 g/mol. The normalized spacial score (nSPS) is 10.6. The smallest absolute Gasteiger partial charge is 0.162 e. The Labute approximate surface area is 113 Å². The second-order valence-electron chi connectivity index (χ2n) is 4.66. The van der Waals surface area contributed by atoms with Gasteiger partial charge in [-0.05, 0) is 43.5 Å². The standard InChI is InChI=1S/C15H21BrO/c1-4-5-6-7-8-14(17)13-9-11(2)15(16)12(3)10-13/h9-10H,4-8H2,1-3H3. The molecule has 0 aliphatic carbocycles. The van der Waals surface area contributed by atoms with Crippen LogP contribution in [0.4, 0.5) is 0 Å².